The van der Waals surface area contributed by atoms with E-state index in [1.54, 1.807) is 0 Å². The number of anilines is 1. The van der Waals surface area contributed by atoms with Crippen LogP contribution in [-0.2, 0) is 24.8 Å². The first-order chi connectivity index (χ1) is 15.2. The van der Waals surface area contributed by atoms with E-state index >= 15 is 0 Å². The number of hydrogen-bond acceptors (Lipinski definition) is 3. The highest BCUT2D eigenvalue weighted by Crippen LogP contribution is 2.51. The molecule has 1 atom stereocenters. The van der Waals surface area contributed by atoms with Crippen LogP contribution in [0, 0.1) is 6.92 Å². The number of unbranched alkanes of at least 4 members (excludes halogenated alkanes) is 1. The number of rotatable bonds is 6. The van der Waals surface area contributed by atoms with Crippen LogP contribution < -0.4 is 4.90 Å². The summed E-state index contributed by atoms with van der Waals surface area (Å²) in [6.45, 7) is 6.30. The van der Waals surface area contributed by atoms with Crippen LogP contribution in [0.25, 0.3) is 0 Å². The van der Waals surface area contributed by atoms with Gasteiger partial charge in [0.15, 0.2) is 0 Å². The zero-order chi connectivity index (χ0) is 21.3. The number of fused-ring (bicyclic) bond motifs is 4. The molecule has 0 aliphatic heterocycles. The fraction of sp³-hybridized carbons (Fsp3) is 0.429. The van der Waals surface area contributed by atoms with Gasteiger partial charge in [-0.25, -0.2) is 9.97 Å². The number of aryl methyl sites for hydroxylation is 2. The summed E-state index contributed by atoms with van der Waals surface area (Å²) in [5.41, 5.74) is 7.18. The molecule has 2 aliphatic carbocycles. The second-order valence-corrected chi connectivity index (χ2v) is 9.28. The van der Waals surface area contributed by atoms with Gasteiger partial charge in [0, 0.05) is 24.1 Å². The van der Waals surface area contributed by atoms with Gasteiger partial charge in [-0.2, -0.15) is 0 Å². The number of benzene rings is 2. The van der Waals surface area contributed by atoms with Crippen molar-refractivity contribution >= 4 is 5.82 Å². The van der Waals surface area contributed by atoms with Crippen LogP contribution in [0.3, 0.4) is 0 Å². The smallest absolute Gasteiger partial charge is 0.136 e. The van der Waals surface area contributed by atoms with Crippen LogP contribution in [0.5, 0.6) is 0 Å². The van der Waals surface area contributed by atoms with Crippen molar-refractivity contribution in [2.45, 2.75) is 70.8 Å². The largest absolute Gasteiger partial charge is 0.352 e. The molecule has 3 aromatic rings. The van der Waals surface area contributed by atoms with Crippen LogP contribution in [0.15, 0.2) is 54.6 Å². The molecular formula is C28H33N3. The fourth-order valence-electron chi connectivity index (χ4n) is 5.76. The maximum absolute atomic E-state index is 5.14. The molecule has 160 valence electrons. The minimum absolute atomic E-state index is 0.0792. The zero-order valence-electron chi connectivity index (χ0n) is 18.9. The number of hydrogen-bond donors (Lipinski definition) is 0. The van der Waals surface area contributed by atoms with E-state index in [4.69, 9.17) is 9.97 Å². The first kappa shape index (κ1) is 20.2. The normalized spacial score (nSPS) is 19.3. The highest BCUT2D eigenvalue weighted by Gasteiger charge is 2.45. The second kappa shape index (κ2) is 8.45. The van der Waals surface area contributed by atoms with Gasteiger partial charge in [0.2, 0.25) is 0 Å². The summed E-state index contributed by atoms with van der Waals surface area (Å²) in [6, 6.07) is 19.9. The lowest BCUT2D eigenvalue weighted by Crippen LogP contribution is -2.35. The Kier molecular flexibility index (Phi) is 5.52. The maximum atomic E-state index is 5.14. The molecule has 2 aliphatic rings. The molecule has 2 aromatic carbocycles. The van der Waals surface area contributed by atoms with Crippen molar-refractivity contribution in [2.24, 2.45) is 0 Å². The predicted molar refractivity (Wildman–Crippen MR) is 128 cm³/mol. The molecule has 0 saturated carbocycles. The van der Waals surface area contributed by atoms with Crippen molar-refractivity contribution in [3.05, 3.63) is 88.4 Å². The SMILES string of the molecule is CCCCN(Cc1ccccc1)c1nc(C)nc2c1CCCC21CCc2ccccc21. The minimum Gasteiger partial charge on any atom is -0.352 e. The Morgan fingerprint density at radius 2 is 1.74 bits per heavy atom. The predicted octanol–water partition coefficient (Wildman–Crippen LogP) is 6.16. The Balaban J connectivity index is 1.61. The van der Waals surface area contributed by atoms with Crippen LogP contribution in [-0.4, -0.2) is 16.5 Å². The Hall–Kier alpha value is -2.68. The third kappa shape index (κ3) is 3.64. The van der Waals surface area contributed by atoms with E-state index in [2.05, 4.69) is 73.3 Å². The first-order valence-corrected chi connectivity index (χ1v) is 12.0. The Morgan fingerprint density at radius 3 is 2.58 bits per heavy atom. The van der Waals surface area contributed by atoms with Crippen molar-refractivity contribution in [2.75, 3.05) is 11.4 Å². The summed E-state index contributed by atoms with van der Waals surface area (Å²) in [4.78, 5) is 12.7. The summed E-state index contributed by atoms with van der Waals surface area (Å²) in [7, 11) is 0. The third-order valence-electron chi connectivity index (χ3n) is 7.23. The van der Waals surface area contributed by atoms with Crippen molar-refractivity contribution in [1.82, 2.24) is 9.97 Å². The van der Waals surface area contributed by atoms with E-state index in [9.17, 15) is 0 Å². The number of nitrogens with zero attached hydrogens (tertiary/aromatic N) is 3. The number of aromatic nitrogens is 2. The fourth-order valence-corrected chi connectivity index (χ4v) is 5.76. The van der Waals surface area contributed by atoms with E-state index in [1.807, 2.05) is 0 Å². The lowest BCUT2D eigenvalue weighted by Gasteiger charge is -2.38. The average Bonchev–Trinajstić information content (AvgIpc) is 3.17. The summed E-state index contributed by atoms with van der Waals surface area (Å²) in [5.74, 6) is 2.09. The monoisotopic (exact) mass is 411 g/mol. The molecule has 5 rings (SSSR count). The van der Waals surface area contributed by atoms with Gasteiger partial charge >= 0.3 is 0 Å². The molecule has 0 radical (unpaired) electrons. The topological polar surface area (TPSA) is 29.0 Å². The van der Waals surface area contributed by atoms with Crippen LogP contribution >= 0.6 is 0 Å². The Bertz CT molecular complexity index is 1060. The van der Waals surface area contributed by atoms with Crippen LogP contribution in [0.1, 0.15) is 72.8 Å². The van der Waals surface area contributed by atoms with Gasteiger partial charge in [-0.1, -0.05) is 67.9 Å². The van der Waals surface area contributed by atoms with Gasteiger partial charge < -0.3 is 4.90 Å². The molecule has 1 spiro atoms. The third-order valence-corrected chi connectivity index (χ3v) is 7.23. The zero-order valence-corrected chi connectivity index (χ0v) is 18.9. The van der Waals surface area contributed by atoms with Crippen molar-refractivity contribution in [3.63, 3.8) is 0 Å². The van der Waals surface area contributed by atoms with Crippen LogP contribution in [0.2, 0.25) is 0 Å². The maximum Gasteiger partial charge on any atom is 0.136 e. The van der Waals surface area contributed by atoms with E-state index in [0.717, 1.165) is 31.8 Å². The van der Waals surface area contributed by atoms with Gasteiger partial charge in [-0.3, -0.25) is 0 Å². The molecule has 0 amide bonds. The first-order valence-electron chi connectivity index (χ1n) is 12.0. The molecule has 0 bridgehead atoms. The molecular weight excluding hydrogens is 378 g/mol. The second-order valence-electron chi connectivity index (χ2n) is 9.28. The Labute approximate surface area is 186 Å². The molecule has 0 N–H and O–H groups in total. The van der Waals surface area contributed by atoms with Gasteiger partial charge in [0.05, 0.1) is 5.69 Å². The molecule has 31 heavy (non-hydrogen) atoms. The van der Waals surface area contributed by atoms with Gasteiger partial charge in [0.1, 0.15) is 11.6 Å². The molecule has 0 fully saturated rings. The summed E-state index contributed by atoms with van der Waals surface area (Å²) in [6.07, 6.45) is 8.23. The van der Waals surface area contributed by atoms with Crippen molar-refractivity contribution < 1.29 is 0 Å². The van der Waals surface area contributed by atoms with E-state index in [1.165, 1.54) is 65.9 Å². The van der Waals surface area contributed by atoms with Gasteiger partial charge in [-0.05, 0) is 62.1 Å². The minimum atomic E-state index is 0.0792. The average molecular weight is 412 g/mol. The molecule has 1 aromatic heterocycles. The molecule has 0 saturated heterocycles. The van der Waals surface area contributed by atoms with E-state index in [-0.39, 0.29) is 5.41 Å². The lowest BCUT2D eigenvalue weighted by molar-refractivity contribution is 0.409. The molecule has 1 unspecified atom stereocenters. The van der Waals surface area contributed by atoms with Crippen molar-refractivity contribution in [3.8, 4) is 0 Å². The highest BCUT2D eigenvalue weighted by atomic mass is 15.2. The lowest BCUT2D eigenvalue weighted by atomic mass is 9.69. The molecule has 3 nitrogen and oxygen atoms in total. The van der Waals surface area contributed by atoms with E-state index < -0.39 is 0 Å². The van der Waals surface area contributed by atoms with Gasteiger partial charge in [-0.15, -0.1) is 0 Å². The standard InChI is InChI=1S/C28H33N3/c1-3-4-19-31(20-22-11-6-5-7-12-22)27-24-14-10-17-28(26(24)29-21(2)30-27)18-16-23-13-8-9-15-25(23)28/h5-9,11-13,15H,3-4,10,14,16-20H2,1-2H3. The van der Waals surface area contributed by atoms with Crippen LogP contribution in [0.4, 0.5) is 5.82 Å². The molecule has 3 heteroatoms. The summed E-state index contributed by atoms with van der Waals surface area (Å²) in [5, 5.41) is 0. The van der Waals surface area contributed by atoms with E-state index in [0.29, 0.717) is 0 Å². The van der Waals surface area contributed by atoms with Gasteiger partial charge in [0.25, 0.3) is 0 Å². The molecule has 1 heterocycles. The summed E-state index contributed by atoms with van der Waals surface area (Å²) >= 11 is 0. The highest BCUT2D eigenvalue weighted by molar-refractivity contribution is 5.57. The quantitative estimate of drug-likeness (QED) is 0.486. The summed E-state index contributed by atoms with van der Waals surface area (Å²) < 4.78 is 0. The Morgan fingerprint density at radius 1 is 0.935 bits per heavy atom. The van der Waals surface area contributed by atoms with Crippen molar-refractivity contribution in [1.29, 1.82) is 0 Å².